The predicted octanol–water partition coefficient (Wildman–Crippen LogP) is 4.23. The molecule has 4 nitrogen and oxygen atoms in total. The van der Waals surface area contributed by atoms with Gasteiger partial charge in [-0.15, -0.1) is 0 Å². The molecule has 0 saturated heterocycles. The summed E-state index contributed by atoms with van der Waals surface area (Å²) in [4.78, 5) is 17.6. The molecule has 0 spiro atoms. The van der Waals surface area contributed by atoms with Gasteiger partial charge in [-0.1, -0.05) is 35.0 Å². The van der Waals surface area contributed by atoms with E-state index in [1.165, 1.54) is 12.1 Å². The molecule has 1 N–H and O–H groups in total. The summed E-state index contributed by atoms with van der Waals surface area (Å²) in [6.45, 7) is 3.90. The van der Waals surface area contributed by atoms with E-state index in [4.69, 9.17) is 16.4 Å². The van der Waals surface area contributed by atoms with E-state index in [2.05, 4.69) is 10.5 Å². The van der Waals surface area contributed by atoms with Gasteiger partial charge >= 0.3 is 0 Å². The van der Waals surface area contributed by atoms with Crippen molar-refractivity contribution in [3.8, 4) is 0 Å². The van der Waals surface area contributed by atoms with Crippen molar-refractivity contribution in [2.45, 2.75) is 26.4 Å². The molecule has 3 rings (SSSR count). The summed E-state index contributed by atoms with van der Waals surface area (Å²) in [6, 6.07) is 10.1. The Morgan fingerprint density at radius 1 is 1.29 bits per heavy atom. The van der Waals surface area contributed by atoms with Crippen molar-refractivity contribution in [3.63, 3.8) is 0 Å². The number of anilines is 1. The highest BCUT2D eigenvalue weighted by Crippen LogP contribution is 2.26. The lowest BCUT2D eigenvalue weighted by Crippen LogP contribution is -2.28. The van der Waals surface area contributed by atoms with Crippen molar-refractivity contribution in [1.82, 2.24) is 0 Å². The van der Waals surface area contributed by atoms with Crippen LogP contribution in [0, 0.1) is 19.7 Å². The van der Waals surface area contributed by atoms with Gasteiger partial charge in [0.05, 0.1) is 16.3 Å². The molecule has 6 heteroatoms. The SMILES string of the molecule is Cc1cccc(NC(=O)[C@H]2CC(c3c(F)cccc3Cl)=NO2)c1C. The standard InChI is InChI=1S/C18H16ClFN2O2/c1-10-5-3-8-14(11(10)2)21-18(23)16-9-15(22-24-16)17-12(19)6-4-7-13(17)20/h3-8,16H,9H2,1-2H3,(H,21,23)/t16-/m1/s1. The van der Waals surface area contributed by atoms with Crippen molar-refractivity contribution in [2.75, 3.05) is 5.32 Å². The second-order valence-corrected chi connectivity index (χ2v) is 6.08. The molecule has 124 valence electrons. The predicted molar refractivity (Wildman–Crippen MR) is 92.0 cm³/mol. The van der Waals surface area contributed by atoms with Gasteiger partial charge in [-0.25, -0.2) is 4.39 Å². The minimum atomic E-state index is -0.810. The van der Waals surface area contributed by atoms with Gasteiger partial charge in [-0.3, -0.25) is 4.79 Å². The zero-order valence-electron chi connectivity index (χ0n) is 13.3. The van der Waals surface area contributed by atoms with Gasteiger partial charge in [0.15, 0.2) is 0 Å². The average molecular weight is 347 g/mol. The largest absolute Gasteiger partial charge is 0.382 e. The minimum absolute atomic E-state index is 0.164. The van der Waals surface area contributed by atoms with E-state index in [-0.39, 0.29) is 22.9 Å². The van der Waals surface area contributed by atoms with Crippen LogP contribution in [0.4, 0.5) is 10.1 Å². The van der Waals surface area contributed by atoms with Gasteiger partial charge in [0.25, 0.3) is 5.91 Å². The summed E-state index contributed by atoms with van der Waals surface area (Å²) in [6.07, 6.45) is -0.646. The fourth-order valence-electron chi connectivity index (χ4n) is 2.54. The normalized spacial score (nSPS) is 16.5. The smallest absolute Gasteiger partial charge is 0.268 e. The number of nitrogens with zero attached hydrogens (tertiary/aromatic N) is 1. The molecule has 1 heterocycles. The number of nitrogens with one attached hydrogen (secondary N) is 1. The first-order valence-corrected chi connectivity index (χ1v) is 7.89. The Kier molecular flexibility index (Phi) is 4.53. The average Bonchev–Trinajstić information content (AvgIpc) is 3.01. The lowest BCUT2D eigenvalue weighted by molar-refractivity contribution is -0.125. The van der Waals surface area contributed by atoms with Crippen LogP contribution in [0.2, 0.25) is 5.02 Å². The van der Waals surface area contributed by atoms with Crippen molar-refractivity contribution >= 4 is 28.9 Å². The number of hydrogen-bond acceptors (Lipinski definition) is 3. The zero-order valence-corrected chi connectivity index (χ0v) is 14.0. The number of carbonyl (C=O) groups excluding carboxylic acids is 1. The summed E-state index contributed by atoms with van der Waals surface area (Å²) in [5, 5.41) is 6.92. The summed E-state index contributed by atoms with van der Waals surface area (Å²) in [5.41, 5.74) is 3.30. The summed E-state index contributed by atoms with van der Waals surface area (Å²) < 4.78 is 14.0. The Hall–Kier alpha value is -2.40. The number of carbonyl (C=O) groups is 1. The molecule has 0 aliphatic carbocycles. The Morgan fingerprint density at radius 2 is 2.04 bits per heavy atom. The number of rotatable bonds is 3. The van der Waals surface area contributed by atoms with Crippen LogP contribution in [0.5, 0.6) is 0 Å². The molecule has 0 saturated carbocycles. The highest BCUT2D eigenvalue weighted by Gasteiger charge is 2.31. The number of amides is 1. The number of oxime groups is 1. The Bertz CT molecular complexity index is 816. The van der Waals surface area contributed by atoms with Gasteiger partial charge in [0.2, 0.25) is 6.10 Å². The monoisotopic (exact) mass is 346 g/mol. The van der Waals surface area contributed by atoms with E-state index in [1.807, 2.05) is 32.0 Å². The van der Waals surface area contributed by atoms with Crippen LogP contribution in [0.25, 0.3) is 0 Å². The van der Waals surface area contributed by atoms with Crippen LogP contribution in [-0.4, -0.2) is 17.7 Å². The van der Waals surface area contributed by atoms with Crippen molar-refractivity contribution < 1.29 is 14.0 Å². The van der Waals surface area contributed by atoms with Crippen LogP contribution in [0.3, 0.4) is 0 Å². The molecule has 1 amide bonds. The maximum atomic E-state index is 14.0. The van der Waals surface area contributed by atoms with Crippen LogP contribution in [0.15, 0.2) is 41.6 Å². The molecule has 0 bridgehead atoms. The maximum Gasteiger partial charge on any atom is 0.268 e. The number of benzene rings is 2. The van der Waals surface area contributed by atoms with E-state index >= 15 is 0 Å². The highest BCUT2D eigenvalue weighted by atomic mass is 35.5. The molecule has 0 unspecified atom stereocenters. The lowest BCUT2D eigenvalue weighted by Gasteiger charge is -2.13. The molecule has 24 heavy (non-hydrogen) atoms. The molecule has 0 aromatic heterocycles. The Labute approximate surface area is 144 Å². The van der Waals surface area contributed by atoms with Crippen molar-refractivity contribution in [3.05, 3.63) is 63.9 Å². The highest BCUT2D eigenvalue weighted by molar-refractivity contribution is 6.34. The topological polar surface area (TPSA) is 50.7 Å². The molecule has 2 aromatic carbocycles. The maximum absolute atomic E-state index is 14.0. The van der Waals surface area contributed by atoms with Crippen molar-refractivity contribution in [1.29, 1.82) is 0 Å². The van der Waals surface area contributed by atoms with Gasteiger partial charge < -0.3 is 10.2 Å². The van der Waals surface area contributed by atoms with Crippen LogP contribution in [0.1, 0.15) is 23.1 Å². The molecule has 0 fully saturated rings. The minimum Gasteiger partial charge on any atom is -0.382 e. The van der Waals surface area contributed by atoms with Crippen LogP contribution < -0.4 is 5.32 Å². The summed E-state index contributed by atoms with van der Waals surface area (Å²) >= 11 is 6.03. The van der Waals surface area contributed by atoms with Gasteiger partial charge in [0.1, 0.15) is 5.82 Å². The van der Waals surface area contributed by atoms with E-state index in [1.54, 1.807) is 6.07 Å². The number of hydrogen-bond donors (Lipinski definition) is 1. The lowest BCUT2D eigenvalue weighted by atomic mass is 10.0. The van der Waals surface area contributed by atoms with Gasteiger partial charge in [0, 0.05) is 12.1 Å². The summed E-state index contributed by atoms with van der Waals surface area (Å²) in [7, 11) is 0. The molecular formula is C18H16ClFN2O2. The van der Waals surface area contributed by atoms with E-state index in [0.717, 1.165) is 16.8 Å². The molecule has 1 aliphatic rings. The first-order chi connectivity index (χ1) is 11.5. The summed E-state index contributed by atoms with van der Waals surface area (Å²) in [5.74, 6) is -0.810. The first-order valence-electron chi connectivity index (χ1n) is 7.51. The fourth-order valence-corrected chi connectivity index (χ4v) is 2.81. The third-order valence-corrected chi connectivity index (χ3v) is 4.39. The van der Waals surface area contributed by atoms with E-state index < -0.39 is 11.9 Å². The molecule has 0 radical (unpaired) electrons. The van der Waals surface area contributed by atoms with Crippen LogP contribution in [-0.2, 0) is 9.63 Å². The Balaban J connectivity index is 1.73. The fraction of sp³-hybridized carbons (Fsp3) is 0.222. The Morgan fingerprint density at radius 3 is 2.79 bits per heavy atom. The first kappa shape index (κ1) is 16.5. The van der Waals surface area contributed by atoms with Crippen molar-refractivity contribution in [2.24, 2.45) is 5.16 Å². The number of aryl methyl sites for hydroxylation is 1. The molecule has 1 aliphatic heterocycles. The van der Waals surface area contributed by atoms with Gasteiger partial charge in [-0.05, 0) is 43.2 Å². The van der Waals surface area contributed by atoms with Gasteiger partial charge in [-0.2, -0.15) is 0 Å². The third-order valence-electron chi connectivity index (χ3n) is 4.08. The second-order valence-electron chi connectivity index (χ2n) is 5.67. The number of halogens is 2. The zero-order chi connectivity index (χ0) is 17.3. The quantitative estimate of drug-likeness (QED) is 0.904. The van der Waals surface area contributed by atoms with E-state index in [9.17, 15) is 9.18 Å². The van der Waals surface area contributed by atoms with Crippen LogP contribution >= 0.6 is 11.6 Å². The molecule has 2 aromatic rings. The molecular weight excluding hydrogens is 331 g/mol. The molecule has 1 atom stereocenters. The third kappa shape index (κ3) is 3.12. The second kappa shape index (κ2) is 6.61. The van der Waals surface area contributed by atoms with E-state index in [0.29, 0.717) is 5.71 Å².